The molecule has 0 amide bonds. The third kappa shape index (κ3) is 37.4. The van der Waals surface area contributed by atoms with E-state index in [0.717, 1.165) is 38.5 Å². The number of nitrogens with zero attached hydrogens (tertiary/aromatic N) is 1. The topological polar surface area (TPSA) is 99.1 Å². The van der Waals surface area contributed by atoms with Crippen molar-refractivity contribution in [2.75, 3.05) is 41.0 Å². The van der Waals surface area contributed by atoms with Gasteiger partial charge in [-0.05, 0) is 38.5 Å². The fourth-order valence-electron chi connectivity index (χ4n) is 6.97. The first-order valence-corrected chi connectivity index (χ1v) is 23.4. The Morgan fingerprint density at radius 3 is 1.36 bits per heavy atom. The van der Waals surface area contributed by atoms with Crippen LogP contribution in [0.2, 0.25) is 0 Å². The number of hydrogen-bond acceptors (Lipinski definition) is 6. The molecular formula is C48H90NO7+. The molecule has 328 valence electrons. The van der Waals surface area contributed by atoms with Crippen LogP contribution in [-0.4, -0.2) is 80.6 Å². The molecule has 0 aliphatic rings. The van der Waals surface area contributed by atoms with Crippen LogP contribution in [0.1, 0.15) is 213 Å². The molecule has 1 N–H and O–H groups in total. The standard InChI is InChI=1S/C48H89NO7/c1-6-8-10-12-14-16-18-20-21-22-23-24-25-26-27-29-30-32-34-36-38-46(50)55-43-44(42-54-41-40-45(48(52)53)49(3,4)5)56-47(51)39-37-35-33-31-28-19-17-15-13-11-9-7-2/h16,18,20-21,44-45H,6-15,17,19,22-43H2,1-5H3/p+1/b18-16+,21-20+. The number of carboxylic acids is 1. The van der Waals surface area contributed by atoms with Crippen molar-refractivity contribution in [3.8, 4) is 0 Å². The lowest BCUT2D eigenvalue weighted by Crippen LogP contribution is -2.50. The first-order valence-electron chi connectivity index (χ1n) is 23.4. The predicted octanol–water partition coefficient (Wildman–Crippen LogP) is 12.9. The van der Waals surface area contributed by atoms with Crippen molar-refractivity contribution in [2.24, 2.45) is 0 Å². The summed E-state index contributed by atoms with van der Waals surface area (Å²) in [5, 5.41) is 9.62. The maximum absolute atomic E-state index is 12.7. The largest absolute Gasteiger partial charge is 0.477 e. The molecule has 0 rings (SSSR count). The molecule has 0 saturated heterocycles. The molecule has 0 bridgehead atoms. The maximum atomic E-state index is 12.7. The van der Waals surface area contributed by atoms with Crippen LogP contribution in [-0.2, 0) is 28.6 Å². The highest BCUT2D eigenvalue weighted by atomic mass is 16.6. The van der Waals surface area contributed by atoms with Crippen LogP contribution in [0, 0.1) is 0 Å². The summed E-state index contributed by atoms with van der Waals surface area (Å²) in [6, 6.07) is -0.611. The highest BCUT2D eigenvalue weighted by Gasteiger charge is 2.31. The van der Waals surface area contributed by atoms with Crippen LogP contribution >= 0.6 is 0 Å². The molecule has 2 unspecified atom stereocenters. The number of ether oxygens (including phenoxy) is 3. The lowest BCUT2D eigenvalue weighted by Gasteiger charge is -2.31. The number of carbonyl (C=O) groups is 3. The minimum Gasteiger partial charge on any atom is -0.477 e. The summed E-state index contributed by atoms with van der Waals surface area (Å²) in [5.41, 5.74) is 0. The van der Waals surface area contributed by atoms with Gasteiger partial charge in [0.15, 0.2) is 12.1 Å². The highest BCUT2D eigenvalue weighted by Crippen LogP contribution is 2.15. The molecule has 0 aliphatic heterocycles. The van der Waals surface area contributed by atoms with Gasteiger partial charge in [-0.25, -0.2) is 4.79 Å². The normalized spacial score (nSPS) is 13.1. The van der Waals surface area contributed by atoms with Crippen molar-refractivity contribution in [2.45, 2.75) is 225 Å². The Kier molecular flexibility index (Phi) is 38.1. The number of unbranched alkanes of at least 4 members (excludes halogenated alkanes) is 25. The van der Waals surface area contributed by atoms with E-state index >= 15 is 0 Å². The van der Waals surface area contributed by atoms with Crippen molar-refractivity contribution in [3.05, 3.63) is 24.3 Å². The van der Waals surface area contributed by atoms with E-state index in [1.54, 1.807) is 0 Å². The van der Waals surface area contributed by atoms with Gasteiger partial charge in [0.05, 0.1) is 34.4 Å². The van der Waals surface area contributed by atoms with Crippen LogP contribution in [0.5, 0.6) is 0 Å². The highest BCUT2D eigenvalue weighted by molar-refractivity contribution is 5.72. The van der Waals surface area contributed by atoms with Crippen LogP contribution in [0.15, 0.2) is 24.3 Å². The van der Waals surface area contributed by atoms with Crippen LogP contribution in [0.4, 0.5) is 0 Å². The molecule has 8 nitrogen and oxygen atoms in total. The number of quaternary nitrogens is 1. The number of aliphatic carboxylic acids is 1. The van der Waals surface area contributed by atoms with Gasteiger partial charge in [0.1, 0.15) is 6.61 Å². The zero-order chi connectivity index (χ0) is 41.4. The Morgan fingerprint density at radius 2 is 0.929 bits per heavy atom. The van der Waals surface area contributed by atoms with E-state index in [1.807, 2.05) is 21.1 Å². The average molecular weight is 793 g/mol. The van der Waals surface area contributed by atoms with Crippen molar-refractivity contribution in [1.29, 1.82) is 0 Å². The van der Waals surface area contributed by atoms with E-state index in [4.69, 9.17) is 14.2 Å². The quantitative estimate of drug-likeness (QED) is 0.0284. The number of hydrogen-bond donors (Lipinski definition) is 1. The molecule has 8 heteroatoms. The van der Waals surface area contributed by atoms with Crippen molar-refractivity contribution >= 4 is 17.9 Å². The molecule has 0 aromatic heterocycles. The molecule has 0 spiro atoms. The van der Waals surface area contributed by atoms with Gasteiger partial charge in [0.2, 0.25) is 0 Å². The SMILES string of the molecule is CCCCCC/C=C/C=C/CCCCCCCCCCCCC(=O)OCC(COCCC(C(=O)O)[N+](C)(C)C)OC(=O)CCCCCCCCCCCCCC. The summed E-state index contributed by atoms with van der Waals surface area (Å²) < 4.78 is 17.3. The monoisotopic (exact) mass is 793 g/mol. The fourth-order valence-corrected chi connectivity index (χ4v) is 6.97. The summed E-state index contributed by atoms with van der Waals surface area (Å²) in [4.78, 5) is 37.0. The number of carbonyl (C=O) groups excluding carboxylic acids is 2. The number of likely N-dealkylation sites (N-methyl/N-ethyl adjacent to an activating group) is 1. The van der Waals surface area contributed by atoms with Gasteiger partial charge >= 0.3 is 17.9 Å². The number of carboxylic acid groups (broad SMARTS) is 1. The summed E-state index contributed by atoms with van der Waals surface area (Å²) in [6.45, 7) is 4.73. The second-order valence-corrected chi connectivity index (χ2v) is 17.0. The number of allylic oxidation sites excluding steroid dienone is 4. The molecule has 0 saturated carbocycles. The van der Waals surface area contributed by atoms with Crippen LogP contribution in [0.3, 0.4) is 0 Å². The summed E-state index contributed by atoms with van der Waals surface area (Å²) in [6.07, 6.45) is 43.6. The third-order valence-corrected chi connectivity index (χ3v) is 10.6. The van der Waals surface area contributed by atoms with E-state index in [-0.39, 0.29) is 36.2 Å². The second kappa shape index (κ2) is 39.6. The molecule has 0 fully saturated rings. The van der Waals surface area contributed by atoms with E-state index in [2.05, 4.69) is 38.2 Å². The average Bonchev–Trinajstić information content (AvgIpc) is 3.15. The zero-order valence-corrected chi connectivity index (χ0v) is 37.3. The summed E-state index contributed by atoms with van der Waals surface area (Å²) in [7, 11) is 5.53. The molecule has 0 heterocycles. The molecule has 56 heavy (non-hydrogen) atoms. The van der Waals surface area contributed by atoms with Gasteiger partial charge < -0.3 is 23.8 Å². The minimum absolute atomic E-state index is 0.0484. The fraction of sp³-hybridized carbons (Fsp3) is 0.854. The Morgan fingerprint density at radius 1 is 0.536 bits per heavy atom. The molecule has 0 radical (unpaired) electrons. The van der Waals surface area contributed by atoms with E-state index in [1.165, 1.54) is 141 Å². The van der Waals surface area contributed by atoms with Gasteiger partial charge in [0, 0.05) is 19.3 Å². The Balaban J connectivity index is 4.24. The van der Waals surface area contributed by atoms with Crippen molar-refractivity contribution in [3.63, 3.8) is 0 Å². The lowest BCUT2D eigenvalue weighted by molar-refractivity contribution is -0.887. The minimum atomic E-state index is -0.873. The zero-order valence-electron chi connectivity index (χ0n) is 37.3. The Labute approximate surface area is 345 Å². The van der Waals surface area contributed by atoms with Gasteiger partial charge in [0.25, 0.3) is 0 Å². The Hall–Kier alpha value is -2.19. The van der Waals surface area contributed by atoms with E-state index < -0.39 is 18.1 Å². The van der Waals surface area contributed by atoms with Gasteiger partial charge in [-0.3, -0.25) is 9.59 Å². The van der Waals surface area contributed by atoms with Crippen molar-refractivity contribution < 1.29 is 38.2 Å². The summed E-state index contributed by atoms with van der Waals surface area (Å²) >= 11 is 0. The van der Waals surface area contributed by atoms with Gasteiger partial charge in [-0.1, -0.05) is 179 Å². The van der Waals surface area contributed by atoms with Crippen molar-refractivity contribution in [1.82, 2.24) is 0 Å². The van der Waals surface area contributed by atoms with E-state index in [0.29, 0.717) is 19.3 Å². The third-order valence-electron chi connectivity index (χ3n) is 10.6. The van der Waals surface area contributed by atoms with Gasteiger partial charge in [-0.2, -0.15) is 0 Å². The smallest absolute Gasteiger partial charge is 0.362 e. The molecule has 0 aromatic carbocycles. The first kappa shape index (κ1) is 53.8. The maximum Gasteiger partial charge on any atom is 0.362 e. The van der Waals surface area contributed by atoms with E-state index in [9.17, 15) is 19.5 Å². The number of esters is 2. The molecule has 2 atom stereocenters. The second-order valence-electron chi connectivity index (χ2n) is 17.0. The van der Waals surface area contributed by atoms with Gasteiger partial charge in [-0.15, -0.1) is 0 Å². The first-order chi connectivity index (χ1) is 27.1. The molecule has 0 aliphatic carbocycles. The lowest BCUT2D eigenvalue weighted by atomic mass is 10.0. The molecule has 0 aromatic rings. The summed E-state index contributed by atoms with van der Waals surface area (Å²) in [5.74, 6) is -1.46. The predicted molar refractivity (Wildman–Crippen MR) is 234 cm³/mol. The van der Waals surface area contributed by atoms with Crippen LogP contribution < -0.4 is 0 Å². The van der Waals surface area contributed by atoms with Crippen LogP contribution in [0.25, 0.3) is 0 Å². The Bertz CT molecular complexity index is 973. The molecular weight excluding hydrogens is 703 g/mol. The number of rotatable bonds is 42.